The van der Waals surface area contributed by atoms with Crippen LogP contribution in [0.4, 0.5) is 11.4 Å². The minimum atomic E-state index is 0.354. The normalized spacial score (nSPS) is 10.4. The third-order valence-corrected chi connectivity index (χ3v) is 3.08. The number of halogens is 3. The van der Waals surface area contributed by atoms with Crippen molar-refractivity contribution in [2.45, 2.75) is 0 Å². The lowest BCUT2D eigenvalue weighted by molar-refractivity contribution is 0.483. The maximum atomic E-state index is 6.01. The summed E-state index contributed by atoms with van der Waals surface area (Å²) in [6.45, 7) is 0. The molecule has 0 radical (unpaired) electrons. The Bertz CT molecular complexity index is 602. The summed E-state index contributed by atoms with van der Waals surface area (Å²) in [4.78, 5) is 0. The second-order valence-corrected chi connectivity index (χ2v) is 4.84. The monoisotopic (exact) mass is 302 g/mol. The molecule has 0 heterocycles. The first-order valence-corrected chi connectivity index (χ1v) is 6.08. The van der Waals surface area contributed by atoms with E-state index in [1.807, 2.05) is 0 Å². The molecule has 0 unspecified atom stereocenters. The highest BCUT2D eigenvalue weighted by atomic mass is 35.5. The van der Waals surface area contributed by atoms with Crippen LogP contribution in [0.3, 0.4) is 0 Å². The Balaban J connectivity index is 2.37. The third-order valence-electron chi connectivity index (χ3n) is 2.25. The lowest BCUT2D eigenvalue weighted by Gasteiger charge is -2.11. The van der Waals surface area contributed by atoms with Gasteiger partial charge in [0.25, 0.3) is 0 Å². The van der Waals surface area contributed by atoms with E-state index in [0.717, 1.165) is 0 Å². The Morgan fingerprint density at radius 1 is 0.778 bits per heavy atom. The Labute approximate surface area is 119 Å². The molecule has 0 fully saturated rings. The minimum Gasteiger partial charge on any atom is -0.454 e. The summed E-state index contributed by atoms with van der Waals surface area (Å²) in [5.41, 5.74) is 12.1. The van der Waals surface area contributed by atoms with Crippen LogP contribution < -0.4 is 16.2 Å². The van der Waals surface area contributed by atoms with Crippen molar-refractivity contribution in [1.29, 1.82) is 0 Å². The maximum absolute atomic E-state index is 6.01. The Morgan fingerprint density at radius 3 is 2.06 bits per heavy atom. The zero-order chi connectivity index (χ0) is 13.3. The molecule has 2 aromatic carbocycles. The van der Waals surface area contributed by atoms with Crippen molar-refractivity contribution in [3.63, 3.8) is 0 Å². The van der Waals surface area contributed by atoms with E-state index < -0.39 is 0 Å². The number of hydrogen-bond donors (Lipinski definition) is 2. The average molecular weight is 304 g/mol. The molecule has 94 valence electrons. The highest BCUT2D eigenvalue weighted by Crippen LogP contribution is 2.37. The number of hydrogen-bond acceptors (Lipinski definition) is 3. The van der Waals surface area contributed by atoms with Gasteiger partial charge in [-0.15, -0.1) is 0 Å². The topological polar surface area (TPSA) is 61.3 Å². The molecule has 0 aliphatic carbocycles. The van der Waals surface area contributed by atoms with Gasteiger partial charge < -0.3 is 16.2 Å². The van der Waals surface area contributed by atoms with Crippen LogP contribution in [0.5, 0.6) is 11.5 Å². The second-order valence-electron chi connectivity index (χ2n) is 3.59. The van der Waals surface area contributed by atoms with Crippen molar-refractivity contribution in [2.24, 2.45) is 0 Å². The fraction of sp³-hybridized carbons (Fsp3) is 0. The van der Waals surface area contributed by atoms with Crippen molar-refractivity contribution in [3.05, 3.63) is 45.4 Å². The highest BCUT2D eigenvalue weighted by Gasteiger charge is 2.09. The molecular formula is C12H9Cl3N2O. The van der Waals surface area contributed by atoms with E-state index in [1.165, 1.54) is 6.07 Å². The van der Waals surface area contributed by atoms with Crippen LogP contribution in [-0.2, 0) is 0 Å². The standard InChI is InChI=1S/C12H9Cl3N2O/c13-6-1-2-11(7(14)3-6)18-12-5-10(17)9(16)4-8(12)15/h1-5H,16-17H2. The molecule has 6 heteroatoms. The first-order chi connectivity index (χ1) is 8.47. The predicted molar refractivity (Wildman–Crippen MR) is 76.8 cm³/mol. The summed E-state index contributed by atoms with van der Waals surface area (Å²) in [5, 5.41) is 1.26. The van der Waals surface area contributed by atoms with E-state index in [4.69, 9.17) is 51.0 Å². The summed E-state index contributed by atoms with van der Waals surface area (Å²) in [5.74, 6) is 0.819. The number of nitrogens with two attached hydrogens (primary N) is 2. The van der Waals surface area contributed by atoms with Crippen LogP contribution in [0, 0.1) is 0 Å². The number of rotatable bonds is 2. The van der Waals surface area contributed by atoms with Crippen LogP contribution in [0.25, 0.3) is 0 Å². The van der Waals surface area contributed by atoms with E-state index in [1.54, 1.807) is 24.3 Å². The van der Waals surface area contributed by atoms with E-state index in [0.29, 0.717) is 37.9 Å². The number of benzene rings is 2. The van der Waals surface area contributed by atoms with Gasteiger partial charge in [0.05, 0.1) is 21.4 Å². The number of anilines is 2. The lowest BCUT2D eigenvalue weighted by Crippen LogP contribution is -1.96. The van der Waals surface area contributed by atoms with Gasteiger partial charge in [0.1, 0.15) is 11.5 Å². The summed E-state index contributed by atoms with van der Waals surface area (Å²) >= 11 is 17.8. The largest absolute Gasteiger partial charge is 0.454 e. The van der Waals surface area contributed by atoms with Crippen LogP contribution in [0.2, 0.25) is 15.1 Å². The van der Waals surface area contributed by atoms with Gasteiger partial charge in [0.15, 0.2) is 0 Å². The zero-order valence-electron chi connectivity index (χ0n) is 9.08. The van der Waals surface area contributed by atoms with Crippen LogP contribution in [-0.4, -0.2) is 0 Å². The quantitative estimate of drug-likeness (QED) is 0.797. The second kappa shape index (κ2) is 5.14. The van der Waals surface area contributed by atoms with E-state index in [9.17, 15) is 0 Å². The third kappa shape index (κ3) is 2.75. The van der Waals surface area contributed by atoms with Crippen molar-refractivity contribution < 1.29 is 4.74 Å². The smallest absolute Gasteiger partial charge is 0.148 e. The highest BCUT2D eigenvalue weighted by molar-refractivity contribution is 6.35. The Morgan fingerprint density at radius 2 is 1.39 bits per heavy atom. The Hall–Kier alpha value is -1.29. The fourth-order valence-electron chi connectivity index (χ4n) is 1.34. The SMILES string of the molecule is Nc1cc(Cl)c(Oc2ccc(Cl)cc2Cl)cc1N. The van der Waals surface area contributed by atoms with Gasteiger partial charge >= 0.3 is 0 Å². The fourth-order valence-corrected chi connectivity index (χ4v) is 2.00. The van der Waals surface area contributed by atoms with Gasteiger partial charge in [-0.1, -0.05) is 34.8 Å². The van der Waals surface area contributed by atoms with Gasteiger partial charge in [0, 0.05) is 11.1 Å². The number of nitrogen functional groups attached to an aromatic ring is 2. The molecule has 4 N–H and O–H groups in total. The Kier molecular flexibility index (Phi) is 3.76. The van der Waals surface area contributed by atoms with Gasteiger partial charge in [-0.3, -0.25) is 0 Å². The average Bonchev–Trinajstić information content (AvgIpc) is 2.29. The number of ether oxygens (including phenoxy) is 1. The lowest BCUT2D eigenvalue weighted by atomic mass is 10.2. The van der Waals surface area contributed by atoms with E-state index in [-0.39, 0.29) is 0 Å². The maximum Gasteiger partial charge on any atom is 0.148 e. The van der Waals surface area contributed by atoms with E-state index in [2.05, 4.69) is 0 Å². The molecule has 18 heavy (non-hydrogen) atoms. The molecule has 0 amide bonds. The minimum absolute atomic E-state index is 0.354. The summed E-state index contributed by atoms with van der Waals surface area (Å²) in [6.07, 6.45) is 0. The molecule has 0 aliphatic heterocycles. The molecule has 0 aliphatic rings. The van der Waals surface area contributed by atoms with Gasteiger partial charge in [0.2, 0.25) is 0 Å². The molecule has 0 spiro atoms. The van der Waals surface area contributed by atoms with Gasteiger partial charge in [-0.05, 0) is 24.3 Å². The zero-order valence-corrected chi connectivity index (χ0v) is 11.4. The first kappa shape index (κ1) is 13.1. The molecule has 0 aromatic heterocycles. The first-order valence-electron chi connectivity index (χ1n) is 4.95. The summed E-state index contributed by atoms with van der Waals surface area (Å²) in [7, 11) is 0. The van der Waals surface area contributed by atoms with Gasteiger partial charge in [-0.25, -0.2) is 0 Å². The summed E-state index contributed by atoms with van der Waals surface area (Å²) < 4.78 is 5.57. The van der Waals surface area contributed by atoms with Crippen molar-refractivity contribution >= 4 is 46.2 Å². The molecule has 2 rings (SSSR count). The molecule has 0 bridgehead atoms. The predicted octanol–water partition coefficient (Wildman–Crippen LogP) is 4.60. The van der Waals surface area contributed by atoms with E-state index >= 15 is 0 Å². The molecule has 3 nitrogen and oxygen atoms in total. The van der Waals surface area contributed by atoms with Crippen LogP contribution in [0.15, 0.2) is 30.3 Å². The summed E-state index contributed by atoms with van der Waals surface area (Å²) in [6, 6.07) is 7.95. The molecule has 0 atom stereocenters. The van der Waals surface area contributed by atoms with Crippen LogP contribution in [0.1, 0.15) is 0 Å². The molecule has 0 saturated carbocycles. The van der Waals surface area contributed by atoms with Crippen molar-refractivity contribution in [3.8, 4) is 11.5 Å². The molecular weight excluding hydrogens is 295 g/mol. The molecule has 2 aromatic rings. The van der Waals surface area contributed by atoms with Crippen LogP contribution >= 0.6 is 34.8 Å². The van der Waals surface area contributed by atoms with Gasteiger partial charge in [-0.2, -0.15) is 0 Å². The molecule has 0 saturated heterocycles. The van der Waals surface area contributed by atoms with Crippen molar-refractivity contribution in [1.82, 2.24) is 0 Å². The van der Waals surface area contributed by atoms with Crippen molar-refractivity contribution in [2.75, 3.05) is 11.5 Å².